The van der Waals surface area contributed by atoms with E-state index in [1.807, 2.05) is 48.0 Å². The Morgan fingerprint density at radius 1 is 1.25 bits per heavy atom. The van der Waals surface area contributed by atoms with Crippen molar-refractivity contribution in [2.45, 2.75) is 37.8 Å². The number of carbonyl (C=O) groups is 2. The highest BCUT2D eigenvalue weighted by molar-refractivity contribution is 5.85. The van der Waals surface area contributed by atoms with E-state index >= 15 is 0 Å². The highest BCUT2D eigenvalue weighted by Crippen LogP contribution is 2.48. The third-order valence-electron chi connectivity index (χ3n) is 6.32. The molecule has 1 N–H and O–H groups in total. The van der Waals surface area contributed by atoms with E-state index in [0.29, 0.717) is 39.1 Å². The number of hydrogen-bond acceptors (Lipinski definition) is 5. The first kappa shape index (κ1) is 20.6. The van der Waals surface area contributed by atoms with Crippen LogP contribution in [0.4, 0.5) is 0 Å². The van der Waals surface area contributed by atoms with Crippen molar-refractivity contribution in [2.24, 2.45) is 5.92 Å². The molecule has 28 heavy (non-hydrogen) atoms. The van der Waals surface area contributed by atoms with Crippen LogP contribution in [0.1, 0.15) is 37.8 Å². The molecule has 1 aromatic carbocycles. The van der Waals surface area contributed by atoms with Gasteiger partial charge < -0.3 is 19.5 Å². The smallest absolute Gasteiger partial charge is 0.324 e. The molecule has 2 heterocycles. The zero-order valence-corrected chi connectivity index (χ0v) is 16.9. The molecule has 0 spiro atoms. The molecule has 0 aliphatic carbocycles. The summed E-state index contributed by atoms with van der Waals surface area (Å²) in [6, 6.07) is 7.28. The lowest BCUT2D eigenvalue weighted by atomic mass is 9.86. The Kier molecular flexibility index (Phi) is 6.25. The fourth-order valence-corrected chi connectivity index (χ4v) is 4.62. The predicted octanol–water partition coefficient (Wildman–Crippen LogP) is 2.17. The van der Waals surface area contributed by atoms with Gasteiger partial charge in [0.15, 0.2) is 0 Å². The number of hydrogen-bond donors (Lipinski definition) is 1. The Labute approximate surface area is 166 Å². The SMILES string of the molecule is CC[C@]1(C(=O)O)C[C@@H](C(=O)N2CCCOCC2)[C@@H](c2ccc(OC)cc2)N1C. The van der Waals surface area contributed by atoms with Gasteiger partial charge in [0.1, 0.15) is 11.3 Å². The van der Waals surface area contributed by atoms with Gasteiger partial charge in [-0.2, -0.15) is 0 Å². The van der Waals surface area contributed by atoms with Gasteiger partial charge in [0.2, 0.25) is 5.91 Å². The van der Waals surface area contributed by atoms with Crippen LogP contribution in [0.2, 0.25) is 0 Å². The zero-order chi connectivity index (χ0) is 20.3. The Morgan fingerprint density at radius 2 is 1.96 bits per heavy atom. The molecule has 0 radical (unpaired) electrons. The quantitative estimate of drug-likeness (QED) is 0.830. The molecule has 2 aliphatic rings. The molecular weight excluding hydrogens is 360 g/mol. The van der Waals surface area contributed by atoms with Gasteiger partial charge in [-0.1, -0.05) is 19.1 Å². The number of ether oxygens (including phenoxy) is 2. The molecule has 1 amide bonds. The van der Waals surface area contributed by atoms with Crippen LogP contribution in [-0.4, -0.2) is 72.8 Å². The number of benzene rings is 1. The van der Waals surface area contributed by atoms with E-state index in [1.165, 1.54) is 0 Å². The van der Waals surface area contributed by atoms with Crippen LogP contribution in [0.15, 0.2) is 24.3 Å². The second-order valence-corrected chi connectivity index (χ2v) is 7.62. The molecule has 0 bridgehead atoms. The lowest BCUT2D eigenvalue weighted by molar-refractivity contribution is -0.150. The summed E-state index contributed by atoms with van der Waals surface area (Å²) in [5, 5.41) is 10.0. The Balaban J connectivity index is 1.97. The molecule has 3 rings (SSSR count). The number of likely N-dealkylation sites (tertiary alicyclic amines) is 1. The summed E-state index contributed by atoms with van der Waals surface area (Å²) in [5.41, 5.74) is -0.114. The lowest BCUT2D eigenvalue weighted by Gasteiger charge is -2.34. The molecule has 3 atom stereocenters. The summed E-state index contributed by atoms with van der Waals surface area (Å²) in [7, 11) is 3.43. The first-order valence-corrected chi connectivity index (χ1v) is 9.91. The minimum atomic E-state index is -1.05. The van der Waals surface area contributed by atoms with Crippen LogP contribution in [-0.2, 0) is 14.3 Å². The third-order valence-corrected chi connectivity index (χ3v) is 6.32. The van der Waals surface area contributed by atoms with Crippen molar-refractivity contribution in [3.8, 4) is 5.75 Å². The highest BCUT2D eigenvalue weighted by Gasteiger charge is 2.56. The summed E-state index contributed by atoms with van der Waals surface area (Å²) in [5.74, 6) is -0.523. The number of carboxylic acids is 1. The van der Waals surface area contributed by atoms with E-state index in [0.717, 1.165) is 17.7 Å². The number of carboxylic acid groups (broad SMARTS) is 1. The Bertz CT molecular complexity index is 699. The molecule has 0 aromatic heterocycles. The second kappa shape index (κ2) is 8.49. The van der Waals surface area contributed by atoms with E-state index in [4.69, 9.17) is 9.47 Å². The molecule has 2 fully saturated rings. The molecule has 1 aromatic rings. The second-order valence-electron chi connectivity index (χ2n) is 7.62. The first-order valence-electron chi connectivity index (χ1n) is 9.91. The number of amides is 1. The summed E-state index contributed by atoms with van der Waals surface area (Å²) < 4.78 is 10.7. The molecular formula is C21H30N2O5. The zero-order valence-electron chi connectivity index (χ0n) is 16.9. The van der Waals surface area contributed by atoms with Crippen LogP contribution in [0.25, 0.3) is 0 Å². The standard InChI is InChI=1S/C21H30N2O5/c1-4-21(20(25)26)14-17(19(24)23-10-5-12-28-13-11-23)18(22(21)2)15-6-8-16(27-3)9-7-15/h6-9,17-18H,4-5,10-14H2,1-3H3,(H,25,26)/t17-,18-,21-/m1/s1. The topological polar surface area (TPSA) is 79.3 Å². The average molecular weight is 390 g/mol. The van der Waals surface area contributed by atoms with E-state index in [9.17, 15) is 14.7 Å². The van der Waals surface area contributed by atoms with Gasteiger partial charge in [-0.05, 0) is 44.0 Å². The number of methoxy groups -OCH3 is 1. The Morgan fingerprint density at radius 3 is 2.57 bits per heavy atom. The van der Waals surface area contributed by atoms with Crippen LogP contribution < -0.4 is 4.74 Å². The lowest BCUT2D eigenvalue weighted by Crippen LogP contribution is -2.48. The molecule has 7 heteroatoms. The first-order chi connectivity index (χ1) is 13.4. The summed E-state index contributed by atoms with van der Waals surface area (Å²) in [6.45, 7) is 4.27. The normalized spacial score (nSPS) is 28.8. The number of rotatable bonds is 5. The van der Waals surface area contributed by atoms with Gasteiger partial charge in [-0.15, -0.1) is 0 Å². The highest BCUT2D eigenvalue weighted by atomic mass is 16.5. The molecule has 2 aliphatic heterocycles. The monoisotopic (exact) mass is 390 g/mol. The molecule has 7 nitrogen and oxygen atoms in total. The average Bonchev–Trinajstić information content (AvgIpc) is 2.86. The van der Waals surface area contributed by atoms with Crippen LogP contribution in [0, 0.1) is 5.92 Å². The maximum absolute atomic E-state index is 13.5. The van der Waals surface area contributed by atoms with Crippen molar-refractivity contribution < 1.29 is 24.2 Å². The minimum Gasteiger partial charge on any atom is -0.497 e. The minimum absolute atomic E-state index is 0.0229. The van der Waals surface area contributed by atoms with Crippen molar-refractivity contribution in [1.29, 1.82) is 0 Å². The summed E-state index contributed by atoms with van der Waals surface area (Å²) in [6.07, 6.45) is 1.56. The number of aliphatic carboxylic acids is 1. The number of likely N-dealkylation sites (N-methyl/N-ethyl adjacent to an activating group) is 1. The summed E-state index contributed by atoms with van der Waals surface area (Å²) in [4.78, 5) is 29.4. The molecule has 0 unspecified atom stereocenters. The van der Waals surface area contributed by atoms with E-state index < -0.39 is 17.4 Å². The van der Waals surface area contributed by atoms with E-state index in [2.05, 4.69) is 0 Å². The molecule has 154 valence electrons. The van der Waals surface area contributed by atoms with Crippen LogP contribution >= 0.6 is 0 Å². The van der Waals surface area contributed by atoms with Gasteiger partial charge in [0, 0.05) is 25.7 Å². The van der Waals surface area contributed by atoms with E-state index in [-0.39, 0.29) is 11.9 Å². The van der Waals surface area contributed by atoms with Gasteiger partial charge in [0.05, 0.1) is 19.6 Å². The van der Waals surface area contributed by atoms with Crippen molar-refractivity contribution in [1.82, 2.24) is 9.80 Å². The fraction of sp³-hybridized carbons (Fsp3) is 0.619. The van der Waals surface area contributed by atoms with Gasteiger partial charge >= 0.3 is 5.97 Å². The van der Waals surface area contributed by atoms with Crippen molar-refractivity contribution >= 4 is 11.9 Å². The maximum atomic E-state index is 13.5. The van der Waals surface area contributed by atoms with Gasteiger partial charge in [-0.3, -0.25) is 14.5 Å². The van der Waals surface area contributed by atoms with Crippen molar-refractivity contribution in [2.75, 3.05) is 40.5 Å². The number of carbonyl (C=O) groups excluding carboxylic acids is 1. The van der Waals surface area contributed by atoms with Crippen LogP contribution in [0.5, 0.6) is 5.75 Å². The third kappa shape index (κ3) is 3.61. The number of nitrogens with zero attached hydrogens (tertiary/aromatic N) is 2. The van der Waals surface area contributed by atoms with Crippen molar-refractivity contribution in [3.05, 3.63) is 29.8 Å². The van der Waals surface area contributed by atoms with Gasteiger partial charge in [0.25, 0.3) is 0 Å². The fourth-order valence-electron chi connectivity index (χ4n) is 4.62. The maximum Gasteiger partial charge on any atom is 0.324 e. The molecule has 0 saturated carbocycles. The predicted molar refractivity (Wildman–Crippen MR) is 104 cm³/mol. The van der Waals surface area contributed by atoms with E-state index in [1.54, 1.807) is 7.11 Å². The van der Waals surface area contributed by atoms with Crippen LogP contribution in [0.3, 0.4) is 0 Å². The molecule has 2 saturated heterocycles. The largest absolute Gasteiger partial charge is 0.497 e. The summed E-state index contributed by atoms with van der Waals surface area (Å²) >= 11 is 0. The van der Waals surface area contributed by atoms with Crippen molar-refractivity contribution in [3.63, 3.8) is 0 Å². The van der Waals surface area contributed by atoms with Gasteiger partial charge in [-0.25, -0.2) is 0 Å². The Hall–Kier alpha value is -2.12.